The Kier molecular flexibility index (Phi) is 3.79. The molecule has 0 saturated heterocycles. The van der Waals surface area contributed by atoms with Crippen LogP contribution in [0.2, 0.25) is 5.02 Å². The number of rotatable bonds is 2. The van der Waals surface area contributed by atoms with Gasteiger partial charge in [-0.2, -0.15) is 0 Å². The molecule has 0 aliphatic heterocycles. The summed E-state index contributed by atoms with van der Waals surface area (Å²) in [5, 5.41) is 10.4. The van der Waals surface area contributed by atoms with Gasteiger partial charge in [-0.25, -0.2) is 0 Å². The highest BCUT2D eigenvalue weighted by atomic mass is 35.5. The van der Waals surface area contributed by atoms with Crippen molar-refractivity contribution < 1.29 is 5.11 Å². The van der Waals surface area contributed by atoms with Crippen molar-refractivity contribution in [2.45, 2.75) is 25.2 Å². The lowest BCUT2D eigenvalue weighted by Crippen LogP contribution is -2.03. The van der Waals surface area contributed by atoms with E-state index < -0.39 is 0 Å². The lowest BCUT2D eigenvalue weighted by molar-refractivity contribution is 0.475. The van der Waals surface area contributed by atoms with Crippen LogP contribution in [0.4, 0.5) is 0 Å². The van der Waals surface area contributed by atoms with Crippen molar-refractivity contribution in [3.63, 3.8) is 0 Å². The monoisotopic (exact) mass is 284 g/mol. The van der Waals surface area contributed by atoms with Gasteiger partial charge in [0.1, 0.15) is 5.75 Å². The highest BCUT2D eigenvalue weighted by Gasteiger charge is 2.17. The normalized spacial score (nSPS) is 18.6. The van der Waals surface area contributed by atoms with Gasteiger partial charge in [0.15, 0.2) is 0 Å². The topological polar surface area (TPSA) is 20.2 Å². The third-order valence-electron chi connectivity index (χ3n) is 3.97. The molecule has 1 nitrogen and oxygen atoms in total. The van der Waals surface area contributed by atoms with Crippen molar-refractivity contribution in [3.05, 3.63) is 70.8 Å². The van der Waals surface area contributed by atoms with Gasteiger partial charge in [0.25, 0.3) is 0 Å². The van der Waals surface area contributed by atoms with Crippen molar-refractivity contribution >= 4 is 17.2 Å². The van der Waals surface area contributed by atoms with E-state index in [0.29, 0.717) is 11.7 Å². The summed E-state index contributed by atoms with van der Waals surface area (Å²) in [5.74, 6) is 0.913. The second-order valence-corrected chi connectivity index (χ2v) is 5.74. The molecule has 0 bridgehead atoms. The van der Waals surface area contributed by atoms with Crippen molar-refractivity contribution in [2.24, 2.45) is 0 Å². The maximum atomic E-state index is 9.56. The minimum atomic E-state index is 0.336. The van der Waals surface area contributed by atoms with Gasteiger partial charge < -0.3 is 5.11 Å². The van der Waals surface area contributed by atoms with Crippen LogP contribution in [0.5, 0.6) is 5.75 Å². The van der Waals surface area contributed by atoms with Crippen molar-refractivity contribution in [1.82, 2.24) is 0 Å². The molecule has 0 saturated carbocycles. The fourth-order valence-electron chi connectivity index (χ4n) is 2.84. The zero-order valence-corrected chi connectivity index (χ0v) is 12.0. The van der Waals surface area contributed by atoms with E-state index in [-0.39, 0.29) is 0 Å². The summed E-state index contributed by atoms with van der Waals surface area (Å²) in [5.41, 5.74) is 3.84. The van der Waals surface area contributed by atoms with Crippen molar-refractivity contribution in [1.29, 1.82) is 0 Å². The maximum Gasteiger partial charge on any atom is 0.116 e. The van der Waals surface area contributed by atoms with E-state index in [1.54, 1.807) is 6.07 Å². The third kappa shape index (κ3) is 2.88. The predicted molar refractivity (Wildman–Crippen MR) is 84.1 cm³/mol. The first-order valence-corrected chi connectivity index (χ1v) is 7.34. The Bertz CT molecular complexity index is 628. The summed E-state index contributed by atoms with van der Waals surface area (Å²) >= 11 is 5.93. The molecular weight excluding hydrogens is 268 g/mol. The van der Waals surface area contributed by atoms with Crippen LogP contribution in [0, 0.1) is 0 Å². The summed E-state index contributed by atoms with van der Waals surface area (Å²) in [4.78, 5) is 0. The lowest BCUT2D eigenvalue weighted by Gasteiger charge is -2.22. The molecule has 1 unspecified atom stereocenters. The highest BCUT2D eigenvalue weighted by molar-refractivity contribution is 6.30. The van der Waals surface area contributed by atoms with Gasteiger partial charge in [-0.1, -0.05) is 41.9 Å². The first kappa shape index (κ1) is 13.3. The number of phenolic OH excluding ortho intramolecular Hbond substituents is 1. The predicted octanol–water partition coefficient (Wildman–Crippen LogP) is 5.40. The van der Waals surface area contributed by atoms with E-state index in [1.165, 1.54) is 11.1 Å². The standard InChI is InChI=1S/C18H17ClO/c19-17-10-8-14(9-11-17)13-4-6-15(7-5-13)16-2-1-3-18(20)12-16/h1-3,6,8-13,20H,4-5,7H2. The molecule has 20 heavy (non-hydrogen) atoms. The third-order valence-corrected chi connectivity index (χ3v) is 4.22. The largest absolute Gasteiger partial charge is 0.508 e. The minimum Gasteiger partial charge on any atom is -0.508 e. The lowest BCUT2D eigenvalue weighted by atomic mass is 9.83. The zero-order valence-electron chi connectivity index (χ0n) is 11.2. The molecule has 0 spiro atoms. The molecule has 0 radical (unpaired) electrons. The summed E-state index contributed by atoms with van der Waals surface area (Å²) in [6, 6.07) is 15.7. The molecule has 0 amide bonds. The Morgan fingerprint density at radius 3 is 2.50 bits per heavy atom. The fraction of sp³-hybridized carbons (Fsp3) is 0.222. The first-order chi connectivity index (χ1) is 9.72. The second kappa shape index (κ2) is 5.72. The summed E-state index contributed by atoms with van der Waals surface area (Å²) in [6.07, 6.45) is 5.55. The van der Waals surface area contributed by atoms with Crippen molar-refractivity contribution in [2.75, 3.05) is 0 Å². The minimum absolute atomic E-state index is 0.336. The molecule has 0 aromatic heterocycles. The molecule has 1 aliphatic carbocycles. The van der Waals surface area contributed by atoms with Gasteiger partial charge in [0.2, 0.25) is 0 Å². The molecule has 1 atom stereocenters. The van der Waals surface area contributed by atoms with Gasteiger partial charge in [-0.15, -0.1) is 0 Å². The highest BCUT2D eigenvalue weighted by Crippen LogP contribution is 2.36. The van der Waals surface area contributed by atoms with E-state index in [0.717, 1.165) is 29.8 Å². The first-order valence-electron chi connectivity index (χ1n) is 6.96. The van der Waals surface area contributed by atoms with Crippen LogP contribution in [0.25, 0.3) is 5.57 Å². The van der Waals surface area contributed by atoms with E-state index in [4.69, 9.17) is 11.6 Å². The molecule has 0 fully saturated rings. The Hall–Kier alpha value is -1.73. The van der Waals surface area contributed by atoms with Gasteiger partial charge in [-0.05, 0) is 66.1 Å². The smallest absolute Gasteiger partial charge is 0.116 e. The number of benzene rings is 2. The Morgan fingerprint density at radius 1 is 1.05 bits per heavy atom. The number of allylic oxidation sites excluding steroid dienone is 2. The summed E-state index contributed by atoms with van der Waals surface area (Å²) in [6.45, 7) is 0. The molecule has 3 rings (SSSR count). The van der Waals surface area contributed by atoms with E-state index in [9.17, 15) is 5.11 Å². The van der Waals surface area contributed by atoms with Crippen LogP contribution >= 0.6 is 11.6 Å². The van der Waals surface area contributed by atoms with Crippen LogP contribution in [0.1, 0.15) is 36.3 Å². The Balaban J connectivity index is 1.76. The Labute approximate surface area is 124 Å². The summed E-state index contributed by atoms with van der Waals surface area (Å²) in [7, 11) is 0. The molecule has 102 valence electrons. The molecule has 2 heteroatoms. The van der Waals surface area contributed by atoms with E-state index in [1.807, 2.05) is 24.3 Å². The van der Waals surface area contributed by atoms with E-state index in [2.05, 4.69) is 24.3 Å². The number of phenols is 1. The van der Waals surface area contributed by atoms with Crippen LogP contribution < -0.4 is 0 Å². The maximum absolute atomic E-state index is 9.56. The molecule has 0 heterocycles. The number of hydrogen-bond donors (Lipinski definition) is 1. The molecule has 2 aromatic carbocycles. The summed E-state index contributed by atoms with van der Waals surface area (Å²) < 4.78 is 0. The Morgan fingerprint density at radius 2 is 1.85 bits per heavy atom. The number of hydrogen-bond acceptors (Lipinski definition) is 1. The van der Waals surface area contributed by atoms with Crippen LogP contribution in [-0.2, 0) is 0 Å². The molecule has 1 N–H and O–H groups in total. The number of halogens is 1. The second-order valence-electron chi connectivity index (χ2n) is 5.30. The zero-order chi connectivity index (χ0) is 13.9. The average Bonchev–Trinajstić information content (AvgIpc) is 2.48. The van der Waals surface area contributed by atoms with Gasteiger partial charge in [-0.3, -0.25) is 0 Å². The molecular formula is C18H17ClO. The molecule has 2 aromatic rings. The number of aromatic hydroxyl groups is 1. The van der Waals surface area contributed by atoms with Gasteiger partial charge in [0.05, 0.1) is 0 Å². The van der Waals surface area contributed by atoms with Crippen LogP contribution in [0.3, 0.4) is 0 Å². The van der Waals surface area contributed by atoms with Crippen molar-refractivity contribution in [3.8, 4) is 5.75 Å². The van der Waals surface area contributed by atoms with Crippen LogP contribution in [0.15, 0.2) is 54.6 Å². The quantitative estimate of drug-likeness (QED) is 0.783. The van der Waals surface area contributed by atoms with E-state index >= 15 is 0 Å². The van der Waals surface area contributed by atoms with Gasteiger partial charge >= 0.3 is 0 Å². The van der Waals surface area contributed by atoms with Crippen LogP contribution in [-0.4, -0.2) is 5.11 Å². The fourth-order valence-corrected chi connectivity index (χ4v) is 2.97. The SMILES string of the molecule is Oc1cccc(C2=CCC(c3ccc(Cl)cc3)CC2)c1. The van der Waals surface area contributed by atoms with Gasteiger partial charge in [0, 0.05) is 5.02 Å². The molecule has 1 aliphatic rings. The average molecular weight is 285 g/mol.